The van der Waals surface area contributed by atoms with Crippen molar-refractivity contribution in [2.75, 3.05) is 19.6 Å². The van der Waals surface area contributed by atoms with Crippen molar-refractivity contribution < 1.29 is 64.7 Å². The van der Waals surface area contributed by atoms with Crippen molar-refractivity contribution in [1.82, 2.24) is 0 Å². The molecule has 0 aromatic heterocycles. The van der Waals surface area contributed by atoms with Crippen LogP contribution in [-0.2, 0) is 24.6 Å². The molecule has 0 saturated carbocycles. The minimum Gasteiger partial charge on any atom is -0.269 e. The Morgan fingerprint density at radius 1 is 0.310 bits per heavy atom. The lowest BCUT2D eigenvalue weighted by Gasteiger charge is -2.38. The Bertz CT molecular complexity index is 3150. The maximum absolute atomic E-state index is 15.5. The number of amides is 8. The van der Waals surface area contributed by atoms with E-state index in [4.69, 9.17) is 0 Å². The molecule has 0 atom stereocenters. The third kappa shape index (κ3) is 7.62. The summed E-state index contributed by atoms with van der Waals surface area (Å²) in [4.78, 5) is 109. The van der Waals surface area contributed by atoms with Gasteiger partial charge < -0.3 is 0 Å². The number of fused-ring (bicyclic) bond motifs is 2. The number of carbonyl (C=O) groups is 8. The third-order valence-corrected chi connectivity index (χ3v) is 14.0. The smallest absolute Gasteiger partial charge is 0.269 e. The molecule has 0 bridgehead atoms. The number of hydrogen-bond acceptors (Lipinski definition) is 10. The topological polar surface area (TPSA) is 150 Å². The Balaban J connectivity index is 0.892. The van der Waals surface area contributed by atoms with Gasteiger partial charge in [-0.3, -0.25) is 38.4 Å². The second-order valence-electron chi connectivity index (χ2n) is 16.0. The van der Waals surface area contributed by atoms with Gasteiger partial charge in [0.2, 0.25) is 5.41 Å². The number of nitrogens with zero attached hydrogens (tertiary/aromatic N) is 4. The van der Waals surface area contributed by atoms with Crippen molar-refractivity contribution in [3.8, 4) is 0 Å². The van der Waals surface area contributed by atoms with Crippen molar-refractivity contribution in [2.24, 2.45) is 0 Å². The van der Waals surface area contributed by atoms with Gasteiger partial charge in [0.1, 0.15) is 0 Å². The van der Waals surface area contributed by atoms with Crippen LogP contribution in [-0.4, -0.2) is 59.6 Å². The van der Waals surface area contributed by atoms with Gasteiger partial charge in [-0.1, -0.05) is 35.7 Å². The van der Waals surface area contributed by atoms with Crippen LogP contribution < -0.4 is 19.6 Å². The fraction of sp³-hybridized carbons (Fsp3) is 0.0588. The van der Waals surface area contributed by atoms with Gasteiger partial charge in [-0.25, -0.2) is 19.6 Å². The summed E-state index contributed by atoms with van der Waals surface area (Å²) >= 11 is 2.47. The summed E-state index contributed by atoms with van der Waals surface area (Å²) in [5, 5.41) is 0. The van der Waals surface area contributed by atoms with Crippen molar-refractivity contribution in [3.63, 3.8) is 0 Å². The van der Waals surface area contributed by atoms with E-state index in [1.165, 1.54) is 72.1 Å². The highest BCUT2D eigenvalue weighted by Gasteiger charge is 2.73. The molecule has 6 aromatic rings. The van der Waals surface area contributed by atoms with E-state index in [0.29, 0.717) is 77.2 Å². The molecule has 4 heterocycles. The Labute approximate surface area is 404 Å². The lowest BCUT2D eigenvalue weighted by Crippen LogP contribution is -2.55. The second kappa shape index (κ2) is 16.9. The first-order valence-corrected chi connectivity index (χ1v) is 22.5. The Hall–Kier alpha value is -8.36. The largest absolute Gasteiger partial charge is 0.411 e. The molecule has 0 unspecified atom stereocenters. The number of benzene rings is 6. The van der Waals surface area contributed by atoms with E-state index < -0.39 is 98.4 Å². The molecular weight excluding hydrogens is 975 g/mol. The summed E-state index contributed by atoms with van der Waals surface area (Å²) in [6, 6.07) is 27.5. The van der Waals surface area contributed by atoms with Gasteiger partial charge in [0.25, 0.3) is 47.3 Å². The van der Waals surface area contributed by atoms with Crippen molar-refractivity contribution in [1.29, 1.82) is 0 Å². The summed E-state index contributed by atoms with van der Waals surface area (Å²) in [6.07, 6.45) is -7.75. The van der Waals surface area contributed by atoms with Crippen molar-refractivity contribution in [3.05, 3.63) is 191 Å². The first-order chi connectivity index (χ1) is 33.8. The van der Waals surface area contributed by atoms with E-state index >= 15 is 26.3 Å². The number of imide groups is 4. The summed E-state index contributed by atoms with van der Waals surface area (Å²) in [5.41, 5.74) is -9.59. The zero-order valence-corrected chi connectivity index (χ0v) is 37.3. The maximum atomic E-state index is 15.5. The molecule has 4 aliphatic heterocycles. The molecule has 4 aliphatic rings. The Morgan fingerprint density at radius 3 is 0.831 bits per heavy atom. The number of anilines is 4. The van der Waals surface area contributed by atoms with Crippen LogP contribution in [0.5, 0.6) is 0 Å². The fourth-order valence-corrected chi connectivity index (χ4v) is 10.3. The molecule has 10 rings (SSSR count). The molecule has 0 spiro atoms. The highest BCUT2D eigenvalue weighted by molar-refractivity contribution is 7.99. The lowest BCUT2D eigenvalue weighted by atomic mass is 9.71. The van der Waals surface area contributed by atoms with Gasteiger partial charge in [0, 0.05) is 43.9 Å². The van der Waals surface area contributed by atoms with E-state index in [2.05, 4.69) is 0 Å². The average Bonchev–Trinajstić information content (AvgIpc) is 4.01. The molecule has 20 heteroatoms. The normalized spacial score (nSPS) is 15.9. The number of alkyl halides is 6. The summed E-state index contributed by atoms with van der Waals surface area (Å²) < 4.78 is 93.0. The van der Waals surface area contributed by atoms with E-state index in [1.54, 1.807) is 48.5 Å². The zero-order chi connectivity index (χ0) is 50.3. The first kappa shape index (κ1) is 46.4. The summed E-state index contributed by atoms with van der Waals surface area (Å²) in [6.45, 7) is 0. The summed E-state index contributed by atoms with van der Waals surface area (Å²) in [5.74, 6) is -6.37. The standard InChI is InChI=1S/C51H26F6N4O8S2/c52-50(53,54)49(51(55,56)57,27-1-19-37-39(25-27)47(68)60(45(37)66)31-7-15-35(16-8-31)70-33-11-3-29(4-12-33)58-41(62)21-22-42(58)63)28-2-20-38-40(26-28)48(69)61(46(38)67)32-9-17-36(18-10-32)71-34-13-5-30(6-14-34)59-43(64)23-24-44(59)65/h1-26H. The molecule has 0 radical (unpaired) electrons. The van der Waals surface area contributed by atoms with Gasteiger partial charge in [0.05, 0.1) is 45.0 Å². The predicted molar refractivity (Wildman–Crippen MR) is 245 cm³/mol. The monoisotopic (exact) mass is 1000 g/mol. The predicted octanol–water partition coefficient (Wildman–Crippen LogP) is 9.86. The van der Waals surface area contributed by atoms with Gasteiger partial charge in [-0.15, -0.1) is 0 Å². The van der Waals surface area contributed by atoms with Crippen LogP contribution in [0.2, 0.25) is 0 Å². The lowest BCUT2D eigenvalue weighted by molar-refractivity contribution is -0.288. The van der Waals surface area contributed by atoms with Gasteiger partial charge >= 0.3 is 12.4 Å². The van der Waals surface area contributed by atoms with Gasteiger partial charge in [-0.05, 0) is 132 Å². The number of carbonyl (C=O) groups excluding carboxylic acids is 8. The molecule has 6 aromatic carbocycles. The highest BCUT2D eigenvalue weighted by atomic mass is 32.2. The molecule has 0 saturated heterocycles. The number of rotatable bonds is 10. The molecule has 0 N–H and O–H groups in total. The Morgan fingerprint density at radius 2 is 0.563 bits per heavy atom. The van der Waals surface area contributed by atoms with E-state index in [9.17, 15) is 38.4 Å². The van der Waals surface area contributed by atoms with Crippen LogP contribution in [0.25, 0.3) is 0 Å². The molecule has 12 nitrogen and oxygen atoms in total. The molecule has 0 fully saturated rings. The van der Waals surface area contributed by atoms with Gasteiger partial charge in [0.15, 0.2) is 0 Å². The molecule has 0 aliphatic carbocycles. The number of hydrogen-bond donors (Lipinski definition) is 0. The third-order valence-electron chi connectivity index (χ3n) is 12.0. The minimum absolute atomic E-state index is 0.0336. The molecule has 71 heavy (non-hydrogen) atoms. The Kier molecular flexibility index (Phi) is 11.1. The van der Waals surface area contributed by atoms with Crippen molar-refractivity contribution >= 4 is 93.5 Å². The van der Waals surface area contributed by atoms with Crippen LogP contribution in [0.3, 0.4) is 0 Å². The molecule has 8 amide bonds. The SMILES string of the molecule is O=C1C=CC(=O)N1c1ccc(Sc2ccc(N3C(=O)c4ccc(C(c5ccc6c(c5)C(=O)N(c5ccc(Sc7ccc(N8C(=O)C=CC8=O)cc7)cc5)C6=O)(C(F)(F)F)C(F)(F)F)cc4C3=O)cc2)cc1. The highest BCUT2D eigenvalue weighted by Crippen LogP contribution is 2.57. The summed E-state index contributed by atoms with van der Waals surface area (Å²) in [7, 11) is 0. The van der Waals surface area contributed by atoms with Crippen LogP contribution in [0.1, 0.15) is 52.6 Å². The fourth-order valence-electron chi connectivity index (χ4n) is 8.63. The van der Waals surface area contributed by atoms with Gasteiger partial charge in [-0.2, -0.15) is 26.3 Å². The van der Waals surface area contributed by atoms with Crippen LogP contribution in [0, 0.1) is 0 Å². The number of halogens is 6. The molecule has 352 valence electrons. The van der Waals surface area contributed by atoms with E-state index in [0.717, 1.165) is 34.1 Å². The minimum atomic E-state index is -6.17. The first-order valence-electron chi connectivity index (χ1n) is 20.8. The van der Waals surface area contributed by atoms with Crippen LogP contribution in [0.15, 0.2) is 177 Å². The zero-order valence-electron chi connectivity index (χ0n) is 35.7. The molecular formula is C51H26F6N4O8S2. The second-order valence-corrected chi connectivity index (χ2v) is 18.3. The maximum Gasteiger partial charge on any atom is 0.411 e. The quantitative estimate of drug-likeness (QED) is 0.0959. The van der Waals surface area contributed by atoms with Crippen LogP contribution in [0.4, 0.5) is 49.1 Å². The average molecular weight is 1000 g/mol. The van der Waals surface area contributed by atoms with E-state index in [-0.39, 0.29) is 11.4 Å². The van der Waals surface area contributed by atoms with Crippen molar-refractivity contribution in [2.45, 2.75) is 37.3 Å². The van der Waals surface area contributed by atoms with Crippen LogP contribution >= 0.6 is 23.5 Å². The van der Waals surface area contributed by atoms with E-state index in [1.807, 2.05) is 0 Å².